The van der Waals surface area contributed by atoms with Crippen molar-refractivity contribution in [2.75, 3.05) is 11.4 Å². The van der Waals surface area contributed by atoms with Gasteiger partial charge in [0.1, 0.15) is 5.75 Å². The Kier molecular flexibility index (Phi) is 3.91. The van der Waals surface area contributed by atoms with Crippen LogP contribution in [-0.4, -0.2) is 18.6 Å². The van der Waals surface area contributed by atoms with Crippen molar-refractivity contribution < 1.29 is 9.53 Å². The Hall–Kier alpha value is -2.29. The Morgan fingerprint density at radius 1 is 1.14 bits per heavy atom. The largest absolute Gasteiger partial charge is 0.481 e. The Labute approximate surface area is 125 Å². The average Bonchev–Trinajstić information content (AvgIpc) is 2.97. The summed E-state index contributed by atoms with van der Waals surface area (Å²) in [6, 6.07) is 17.6. The van der Waals surface area contributed by atoms with Crippen molar-refractivity contribution in [1.82, 2.24) is 0 Å². The Morgan fingerprint density at radius 3 is 2.62 bits per heavy atom. The number of hydrogen-bond donors (Lipinski definition) is 0. The highest BCUT2D eigenvalue weighted by atomic mass is 16.5. The summed E-state index contributed by atoms with van der Waals surface area (Å²) in [5.41, 5.74) is 2.26. The molecule has 1 amide bonds. The van der Waals surface area contributed by atoms with Crippen molar-refractivity contribution in [1.29, 1.82) is 0 Å². The molecule has 3 nitrogen and oxygen atoms in total. The second-order valence-electron chi connectivity index (χ2n) is 5.20. The van der Waals surface area contributed by atoms with Crippen molar-refractivity contribution in [3.8, 4) is 5.75 Å². The first-order valence-corrected chi connectivity index (χ1v) is 7.40. The number of anilines is 1. The Morgan fingerprint density at radius 2 is 1.86 bits per heavy atom. The minimum absolute atomic E-state index is 0.0475. The van der Waals surface area contributed by atoms with E-state index in [9.17, 15) is 4.79 Å². The number of amides is 1. The third-order valence-electron chi connectivity index (χ3n) is 3.82. The zero-order valence-corrected chi connectivity index (χ0v) is 12.2. The molecule has 0 N–H and O–H groups in total. The van der Waals surface area contributed by atoms with Gasteiger partial charge in [-0.3, -0.25) is 4.79 Å². The first kappa shape index (κ1) is 13.7. The van der Waals surface area contributed by atoms with Crippen LogP contribution in [0.3, 0.4) is 0 Å². The third kappa shape index (κ3) is 2.77. The molecule has 108 valence electrons. The number of hydrogen-bond acceptors (Lipinski definition) is 2. The quantitative estimate of drug-likeness (QED) is 0.859. The highest BCUT2D eigenvalue weighted by Crippen LogP contribution is 2.28. The van der Waals surface area contributed by atoms with Crippen molar-refractivity contribution in [2.45, 2.75) is 25.9 Å². The van der Waals surface area contributed by atoms with Crippen LogP contribution in [0.25, 0.3) is 0 Å². The van der Waals surface area contributed by atoms with Gasteiger partial charge in [0.2, 0.25) is 0 Å². The zero-order chi connectivity index (χ0) is 14.7. The topological polar surface area (TPSA) is 29.5 Å². The first-order valence-electron chi connectivity index (χ1n) is 7.40. The van der Waals surface area contributed by atoms with E-state index in [2.05, 4.69) is 6.07 Å². The minimum atomic E-state index is -0.432. The van der Waals surface area contributed by atoms with E-state index in [0.717, 1.165) is 24.4 Å². The Balaban J connectivity index is 1.78. The van der Waals surface area contributed by atoms with Crippen LogP contribution in [0.5, 0.6) is 5.75 Å². The van der Waals surface area contributed by atoms with E-state index in [4.69, 9.17) is 4.74 Å². The van der Waals surface area contributed by atoms with Gasteiger partial charge in [-0.25, -0.2) is 0 Å². The summed E-state index contributed by atoms with van der Waals surface area (Å²) in [6.07, 6.45) is 1.15. The molecule has 0 aliphatic carbocycles. The molecule has 0 radical (unpaired) electrons. The lowest BCUT2D eigenvalue weighted by molar-refractivity contribution is -0.125. The van der Waals surface area contributed by atoms with Crippen LogP contribution in [0.15, 0.2) is 54.6 Å². The van der Waals surface area contributed by atoms with Gasteiger partial charge in [-0.2, -0.15) is 0 Å². The van der Waals surface area contributed by atoms with E-state index >= 15 is 0 Å². The van der Waals surface area contributed by atoms with Crippen molar-refractivity contribution in [3.63, 3.8) is 0 Å². The molecule has 0 aromatic heterocycles. The van der Waals surface area contributed by atoms with E-state index in [1.165, 1.54) is 5.56 Å². The molecule has 1 heterocycles. The van der Waals surface area contributed by atoms with Gasteiger partial charge < -0.3 is 9.64 Å². The molecule has 0 bridgehead atoms. The van der Waals surface area contributed by atoms with Crippen LogP contribution in [0.2, 0.25) is 0 Å². The number of carbonyl (C=O) groups is 1. The highest BCUT2D eigenvalue weighted by molar-refractivity contribution is 5.98. The fourth-order valence-corrected chi connectivity index (χ4v) is 2.71. The molecule has 0 spiro atoms. The maximum Gasteiger partial charge on any atom is 0.268 e. The molecule has 3 rings (SSSR count). The van der Waals surface area contributed by atoms with Gasteiger partial charge in [-0.05, 0) is 36.6 Å². The summed E-state index contributed by atoms with van der Waals surface area (Å²) >= 11 is 0. The van der Waals surface area contributed by atoms with E-state index in [1.54, 1.807) is 0 Å². The normalized spacial score (nSPS) is 14.6. The maximum absolute atomic E-state index is 12.7. The van der Waals surface area contributed by atoms with Crippen molar-refractivity contribution in [2.24, 2.45) is 0 Å². The van der Waals surface area contributed by atoms with E-state index < -0.39 is 6.10 Å². The Bertz CT molecular complexity index is 624. The average molecular weight is 281 g/mol. The molecule has 1 atom stereocenters. The van der Waals surface area contributed by atoms with E-state index in [1.807, 2.05) is 60.4 Å². The molecule has 0 fully saturated rings. The van der Waals surface area contributed by atoms with Gasteiger partial charge in [0.25, 0.3) is 5.91 Å². The van der Waals surface area contributed by atoms with Crippen LogP contribution < -0.4 is 9.64 Å². The van der Waals surface area contributed by atoms with E-state index in [0.29, 0.717) is 6.42 Å². The van der Waals surface area contributed by atoms with Crippen LogP contribution >= 0.6 is 0 Å². The molecule has 3 heteroatoms. The minimum Gasteiger partial charge on any atom is -0.481 e. The zero-order valence-electron chi connectivity index (χ0n) is 12.2. The molecule has 21 heavy (non-hydrogen) atoms. The van der Waals surface area contributed by atoms with Gasteiger partial charge in [-0.1, -0.05) is 43.3 Å². The monoisotopic (exact) mass is 281 g/mol. The molecule has 2 aromatic rings. The second kappa shape index (κ2) is 6.00. The van der Waals surface area contributed by atoms with Gasteiger partial charge in [-0.15, -0.1) is 0 Å². The fourth-order valence-electron chi connectivity index (χ4n) is 2.71. The lowest BCUT2D eigenvalue weighted by Crippen LogP contribution is -2.41. The number of para-hydroxylation sites is 2. The predicted molar refractivity (Wildman–Crippen MR) is 83.6 cm³/mol. The number of rotatable bonds is 4. The van der Waals surface area contributed by atoms with Gasteiger partial charge in [0.15, 0.2) is 6.10 Å². The lowest BCUT2D eigenvalue weighted by Gasteiger charge is -2.24. The summed E-state index contributed by atoms with van der Waals surface area (Å²) in [5.74, 6) is 0.788. The smallest absolute Gasteiger partial charge is 0.268 e. The summed E-state index contributed by atoms with van der Waals surface area (Å²) in [5, 5.41) is 0. The molecule has 1 aliphatic heterocycles. The third-order valence-corrected chi connectivity index (χ3v) is 3.82. The second-order valence-corrected chi connectivity index (χ2v) is 5.20. The SMILES string of the molecule is CC[C@@H](Oc1ccccc1)C(=O)N1CCc2ccccc21. The molecule has 2 aromatic carbocycles. The van der Waals surface area contributed by atoms with E-state index in [-0.39, 0.29) is 5.91 Å². The predicted octanol–water partition coefficient (Wildman–Crippen LogP) is 3.43. The molecular weight excluding hydrogens is 262 g/mol. The number of benzene rings is 2. The van der Waals surface area contributed by atoms with Gasteiger partial charge >= 0.3 is 0 Å². The molecular formula is C18H19NO2. The van der Waals surface area contributed by atoms with Crippen LogP contribution in [0.1, 0.15) is 18.9 Å². The number of nitrogens with zero attached hydrogens (tertiary/aromatic N) is 1. The number of ether oxygens (including phenoxy) is 1. The van der Waals surface area contributed by atoms with Crippen LogP contribution in [0, 0.1) is 0 Å². The van der Waals surface area contributed by atoms with Gasteiger partial charge in [0, 0.05) is 12.2 Å². The molecule has 0 unspecified atom stereocenters. The standard InChI is InChI=1S/C18H19NO2/c1-2-17(21-15-9-4-3-5-10-15)18(20)19-13-12-14-8-6-7-11-16(14)19/h3-11,17H,2,12-13H2,1H3/t17-/m1/s1. The fraction of sp³-hybridized carbons (Fsp3) is 0.278. The number of carbonyl (C=O) groups excluding carboxylic acids is 1. The lowest BCUT2D eigenvalue weighted by atomic mass is 10.2. The van der Waals surface area contributed by atoms with Crippen LogP contribution in [-0.2, 0) is 11.2 Å². The molecule has 0 saturated heterocycles. The molecule has 1 aliphatic rings. The summed E-state index contributed by atoms with van der Waals surface area (Å²) in [4.78, 5) is 14.6. The first-order chi connectivity index (χ1) is 10.3. The van der Waals surface area contributed by atoms with Crippen LogP contribution in [0.4, 0.5) is 5.69 Å². The summed E-state index contributed by atoms with van der Waals surface area (Å²) < 4.78 is 5.86. The highest BCUT2D eigenvalue weighted by Gasteiger charge is 2.30. The van der Waals surface area contributed by atoms with Crippen molar-refractivity contribution in [3.05, 3.63) is 60.2 Å². The molecule has 0 saturated carbocycles. The van der Waals surface area contributed by atoms with Crippen molar-refractivity contribution >= 4 is 11.6 Å². The number of fused-ring (bicyclic) bond motifs is 1. The van der Waals surface area contributed by atoms with Gasteiger partial charge in [0.05, 0.1) is 0 Å². The summed E-state index contributed by atoms with van der Waals surface area (Å²) in [6.45, 7) is 2.72. The summed E-state index contributed by atoms with van der Waals surface area (Å²) in [7, 11) is 0. The maximum atomic E-state index is 12.7.